The standard InChI is InChI=1S/C19H13ClF4N6O/c1-3-5-14-16(28-29-30(14)18-25-8-11(21)9-26-18)10(2)27-17(31)12-6-4-7-13(15(12)20)19(22,23)24/h3-4,6-9H,1,5H2,2H3. The molecule has 0 N–H and O–H groups in total. The maximum absolute atomic E-state index is 13.1. The molecule has 12 heteroatoms. The summed E-state index contributed by atoms with van der Waals surface area (Å²) in [5.74, 6) is -1.60. The molecule has 3 aromatic rings. The molecule has 1 amide bonds. The molecule has 0 aliphatic heterocycles. The SMILES string of the molecule is C=CCc1c(C(C)=NC(=O)c2cccc(C(F)(F)F)c2Cl)nnn1-c1ncc(F)cn1. The van der Waals surface area contributed by atoms with Gasteiger partial charge in [0.05, 0.1) is 39.9 Å². The summed E-state index contributed by atoms with van der Waals surface area (Å²) in [4.78, 5) is 24.0. The van der Waals surface area contributed by atoms with Crippen LogP contribution in [0.4, 0.5) is 17.6 Å². The summed E-state index contributed by atoms with van der Waals surface area (Å²) in [6.45, 7) is 5.07. The molecule has 2 aromatic heterocycles. The van der Waals surface area contributed by atoms with Crippen molar-refractivity contribution in [3.63, 3.8) is 0 Å². The average Bonchev–Trinajstić information content (AvgIpc) is 3.12. The minimum absolute atomic E-state index is 0.0250. The van der Waals surface area contributed by atoms with E-state index in [-0.39, 0.29) is 23.8 Å². The minimum Gasteiger partial charge on any atom is -0.267 e. The Labute approximate surface area is 178 Å². The van der Waals surface area contributed by atoms with E-state index >= 15 is 0 Å². The molecule has 31 heavy (non-hydrogen) atoms. The first-order chi connectivity index (χ1) is 14.6. The van der Waals surface area contributed by atoms with Crippen LogP contribution in [0.15, 0.2) is 48.2 Å². The number of aliphatic imine (C=N–C) groups is 1. The molecule has 0 atom stereocenters. The molecule has 0 aliphatic carbocycles. The summed E-state index contributed by atoms with van der Waals surface area (Å²) in [5.41, 5.74) is -0.909. The maximum atomic E-state index is 13.1. The van der Waals surface area contributed by atoms with Crippen LogP contribution < -0.4 is 0 Å². The Bertz CT molecular complexity index is 1170. The number of aromatic nitrogens is 5. The van der Waals surface area contributed by atoms with Gasteiger partial charge in [-0.05, 0) is 19.1 Å². The summed E-state index contributed by atoms with van der Waals surface area (Å²) in [6.07, 6.45) is -1.08. The second kappa shape index (κ2) is 8.72. The molecule has 1 aromatic carbocycles. The molecule has 0 saturated carbocycles. The van der Waals surface area contributed by atoms with Gasteiger partial charge >= 0.3 is 6.18 Å². The first-order valence-corrected chi connectivity index (χ1v) is 9.00. The smallest absolute Gasteiger partial charge is 0.267 e. The first kappa shape index (κ1) is 22.2. The topological polar surface area (TPSA) is 85.9 Å². The van der Waals surface area contributed by atoms with Crippen molar-refractivity contribution >= 4 is 23.2 Å². The normalized spacial score (nSPS) is 12.1. The number of allylic oxidation sites excluding steroid dienone is 1. The van der Waals surface area contributed by atoms with E-state index in [9.17, 15) is 22.4 Å². The van der Waals surface area contributed by atoms with Gasteiger partial charge in [-0.3, -0.25) is 4.79 Å². The fraction of sp³-hybridized carbons (Fsp3) is 0.158. The molecule has 2 heterocycles. The van der Waals surface area contributed by atoms with Crippen molar-refractivity contribution in [2.75, 3.05) is 0 Å². The maximum Gasteiger partial charge on any atom is 0.417 e. The van der Waals surface area contributed by atoms with Crippen LogP contribution in [0.25, 0.3) is 5.95 Å². The van der Waals surface area contributed by atoms with Crippen molar-refractivity contribution in [3.8, 4) is 5.95 Å². The van der Waals surface area contributed by atoms with E-state index in [1.807, 2.05) is 0 Å². The summed E-state index contributed by atoms with van der Waals surface area (Å²) in [7, 11) is 0. The van der Waals surface area contributed by atoms with Gasteiger partial charge < -0.3 is 0 Å². The zero-order chi connectivity index (χ0) is 22.8. The van der Waals surface area contributed by atoms with Crippen LogP contribution >= 0.6 is 11.6 Å². The highest BCUT2D eigenvalue weighted by Gasteiger charge is 2.34. The zero-order valence-electron chi connectivity index (χ0n) is 15.9. The van der Waals surface area contributed by atoms with Crippen molar-refractivity contribution in [1.82, 2.24) is 25.0 Å². The van der Waals surface area contributed by atoms with Gasteiger partial charge in [0, 0.05) is 6.42 Å². The number of carbonyl (C=O) groups excluding carboxylic acids is 1. The summed E-state index contributed by atoms with van der Waals surface area (Å²) in [5, 5.41) is 7.11. The Hall–Kier alpha value is -3.47. The Kier molecular flexibility index (Phi) is 6.25. The Morgan fingerprint density at radius 1 is 1.29 bits per heavy atom. The highest BCUT2D eigenvalue weighted by Crippen LogP contribution is 2.36. The van der Waals surface area contributed by atoms with E-state index in [1.165, 1.54) is 17.7 Å². The zero-order valence-corrected chi connectivity index (χ0v) is 16.6. The van der Waals surface area contributed by atoms with Gasteiger partial charge in [0.1, 0.15) is 5.69 Å². The highest BCUT2D eigenvalue weighted by molar-refractivity contribution is 6.35. The Balaban J connectivity index is 2.01. The van der Waals surface area contributed by atoms with Gasteiger partial charge in [-0.1, -0.05) is 29.0 Å². The number of benzene rings is 1. The predicted molar refractivity (Wildman–Crippen MR) is 104 cm³/mol. The summed E-state index contributed by atoms with van der Waals surface area (Å²) < 4.78 is 53.5. The van der Waals surface area contributed by atoms with Crippen LogP contribution in [0, 0.1) is 5.82 Å². The van der Waals surface area contributed by atoms with E-state index < -0.39 is 34.1 Å². The van der Waals surface area contributed by atoms with Gasteiger partial charge in [-0.25, -0.2) is 19.4 Å². The minimum atomic E-state index is -4.72. The number of halogens is 5. The third-order valence-corrected chi connectivity index (χ3v) is 4.45. The molecule has 160 valence electrons. The van der Waals surface area contributed by atoms with Gasteiger partial charge in [0.15, 0.2) is 5.82 Å². The lowest BCUT2D eigenvalue weighted by Crippen LogP contribution is -2.11. The molecular formula is C19H13ClF4N6O. The molecule has 0 radical (unpaired) electrons. The van der Waals surface area contributed by atoms with Crippen LogP contribution in [0.5, 0.6) is 0 Å². The van der Waals surface area contributed by atoms with E-state index in [4.69, 9.17) is 11.6 Å². The van der Waals surface area contributed by atoms with Crippen molar-refractivity contribution in [2.45, 2.75) is 19.5 Å². The van der Waals surface area contributed by atoms with Gasteiger partial charge in [0.2, 0.25) is 0 Å². The fourth-order valence-corrected chi connectivity index (χ4v) is 2.97. The molecular weight excluding hydrogens is 440 g/mol. The van der Waals surface area contributed by atoms with Crippen LogP contribution in [-0.4, -0.2) is 36.6 Å². The first-order valence-electron chi connectivity index (χ1n) is 8.62. The van der Waals surface area contributed by atoms with E-state index in [2.05, 4.69) is 31.9 Å². The van der Waals surface area contributed by atoms with Crippen LogP contribution in [0.1, 0.15) is 34.2 Å². The number of alkyl halides is 3. The fourth-order valence-electron chi connectivity index (χ4n) is 2.66. The lowest BCUT2D eigenvalue weighted by atomic mass is 10.1. The highest BCUT2D eigenvalue weighted by atomic mass is 35.5. The molecule has 7 nitrogen and oxygen atoms in total. The van der Waals surface area contributed by atoms with Crippen LogP contribution in [0.2, 0.25) is 5.02 Å². The van der Waals surface area contributed by atoms with Crippen LogP contribution in [-0.2, 0) is 12.6 Å². The van der Waals surface area contributed by atoms with Gasteiger partial charge in [-0.15, -0.1) is 11.7 Å². The average molecular weight is 453 g/mol. The summed E-state index contributed by atoms with van der Waals surface area (Å²) in [6, 6.07) is 2.98. The van der Waals surface area contributed by atoms with Crippen molar-refractivity contribution < 1.29 is 22.4 Å². The molecule has 3 rings (SSSR count). The van der Waals surface area contributed by atoms with E-state index in [0.717, 1.165) is 30.6 Å². The number of carbonyl (C=O) groups is 1. The number of nitrogens with zero attached hydrogens (tertiary/aromatic N) is 6. The summed E-state index contributed by atoms with van der Waals surface area (Å²) >= 11 is 5.79. The largest absolute Gasteiger partial charge is 0.417 e. The van der Waals surface area contributed by atoms with Crippen LogP contribution in [0.3, 0.4) is 0 Å². The van der Waals surface area contributed by atoms with E-state index in [1.54, 1.807) is 0 Å². The van der Waals surface area contributed by atoms with Crippen molar-refractivity contribution in [2.24, 2.45) is 4.99 Å². The Morgan fingerprint density at radius 3 is 2.58 bits per heavy atom. The second-order valence-electron chi connectivity index (χ2n) is 6.16. The third kappa shape index (κ3) is 4.66. The molecule has 0 spiro atoms. The molecule has 0 saturated heterocycles. The number of hydrogen-bond donors (Lipinski definition) is 0. The van der Waals surface area contributed by atoms with Gasteiger partial charge in [0.25, 0.3) is 11.9 Å². The monoisotopic (exact) mass is 452 g/mol. The van der Waals surface area contributed by atoms with E-state index in [0.29, 0.717) is 5.69 Å². The lowest BCUT2D eigenvalue weighted by molar-refractivity contribution is -0.137. The molecule has 0 aliphatic rings. The second-order valence-corrected chi connectivity index (χ2v) is 6.54. The Morgan fingerprint density at radius 2 is 1.97 bits per heavy atom. The number of hydrogen-bond acceptors (Lipinski definition) is 5. The molecule has 0 fully saturated rings. The molecule has 0 bridgehead atoms. The van der Waals surface area contributed by atoms with Crippen molar-refractivity contribution in [1.29, 1.82) is 0 Å². The lowest BCUT2D eigenvalue weighted by Gasteiger charge is -2.10. The van der Waals surface area contributed by atoms with Gasteiger partial charge in [-0.2, -0.15) is 17.9 Å². The predicted octanol–water partition coefficient (Wildman–Crippen LogP) is 4.25. The molecule has 0 unspecified atom stereocenters. The van der Waals surface area contributed by atoms with Crippen molar-refractivity contribution in [3.05, 3.63) is 76.6 Å². The third-order valence-electron chi connectivity index (χ3n) is 4.04. The number of rotatable bonds is 5. The quantitative estimate of drug-likeness (QED) is 0.328. The number of amides is 1.